The monoisotopic (exact) mass is 243 g/mol. The first-order chi connectivity index (χ1) is 7.42. The number of rotatable bonds is 5. The summed E-state index contributed by atoms with van der Waals surface area (Å²) in [5.41, 5.74) is 1.44. The first-order valence-corrected chi connectivity index (χ1v) is 7.07. The summed E-state index contributed by atoms with van der Waals surface area (Å²) in [5.74, 6) is 0.00706. The molecule has 0 aromatic heterocycles. The van der Waals surface area contributed by atoms with Crippen molar-refractivity contribution in [1.82, 2.24) is 5.32 Å². The molecule has 0 aliphatic heterocycles. The average molecular weight is 243 g/mol. The van der Waals surface area contributed by atoms with E-state index in [4.69, 9.17) is 0 Å². The maximum Gasteiger partial charge on any atom is 0.151 e. The molecule has 0 saturated carbocycles. The summed E-state index contributed by atoms with van der Waals surface area (Å²) in [6.07, 6.45) is 0.591. The van der Waals surface area contributed by atoms with E-state index in [0.717, 1.165) is 5.56 Å². The average Bonchev–Trinajstić information content (AvgIpc) is 2.16. The Balaban J connectivity index is 2.86. The highest BCUT2D eigenvalue weighted by Crippen LogP contribution is 2.15. The molecule has 0 radical (unpaired) electrons. The van der Waals surface area contributed by atoms with Gasteiger partial charge in [0.15, 0.2) is 9.84 Å². The van der Waals surface area contributed by atoms with Crippen molar-refractivity contribution in [3.63, 3.8) is 0 Å². The second kappa shape index (κ2) is 5.43. The Morgan fingerprint density at radius 3 is 2.69 bits per heavy atom. The number of hydrogen-bond acceptors (Lipinski definition) is 4. The zero-order valence-corrected chi connectivity index (χ0v) is 10.3. The molecule has 0 aliphatic carbocycles. The maximum absolute atomic E-state index is 11.1. The molecule has 5 heteroatoms. The Bertz CT molecular complexity index is 442. The Labute approximate surface area is 96.2 Å². The third-order valence-corrected chi connectivity index (χ3v) is 3.02. The predicted molar refractivity (Wildman–Crippen MR) is 63.9 cm³/mol. The molecule has 16 heavy (non-hydrogen) atoms. The molecule has 1 atom stereocenters. The summed E-state index contributed by atoms with van der Waals surface area (Å²) in [6.45, 7) is 0.447. The molecule has 0 bridgehead atoms. The molecule has 0 fully saturated rings. The van der Waals surface area contributed by atoms with Gasteiger partial charge in [0.25, 0.3) is 0 Å². The van der Waals surface area contributed by atoms with E-state index in [1.807, 2.05) is 0 Å². The van der Waals surface area contributed by atoms with Gasteiger partial charge in [-0.2, -0.15) is 0 Å². The van der Waals surface area contributed by atoms with Gasteiger partial charge < -0.3 is 10.4 Å². The normalized spacial score (nSPS) is 13.7. The summed E-state index contributed by atoms with van der Waals surface area (Å²) in [5, 5.41) is 12.6. The van der Waals surface area contributed by atoms with Gasteiger partial charge in [0.05, 0.1) is 11.9 Å². The van der Waals surface area contributed by atoms with E-state index in [-0.39, 0.29) is 5.75 Å². The lowest BCUT2D eigenvalue weighted by molar-refractivity contribution is 0.177. The smallest absolute Gasteiger partial charge is 0.151 e. The molecular formula is C11H17NO3S. The third-order valence-electron chi connectivity index (χ3n) is 2.16. The number of sulfone groups is 1. The topological polar surface area (TPSA) is 66.4 Å². The first-order valence-electron chi connectivity index (χ1n) is 5.01. The Morgan fingerprint density at radius 1 is 1.44 bits per heavy atom. The van der Waals surface area contributed by atoms with E-state index in [1.54, 1.807) is 31.3 Å². The van der Waals surface area contributed by atoms with Crippen molar-refractivity contribution in [3.8, 4) is 0 Å². The minimum Gasteiger partial charge on any atom is -0.387 e. The quantitative estimate of drug-likeness (QED) is 0.789. The van der Waals surface area contributed by atoms with Crippen LogP contribution in [0.25, 0.3) is 0 Å². The summed E-state index contributed by atoms with van der Waals surface area (Å²) < 4.78 is 22.3. The van der Waals surface area contributed by atoms with Crippen molar-refractivity contribution in [2.24, 2.45) is 0 Å². The van der Waals surface area contributed by atoms with Crippen LogP contribution in [0.4, 0.5) is 0 Å². The number of aliphatic hydroxyl groups is 1. The Morgan fingerprint density at radius 2 is 2.12 bits per heavy atom. The lowest BCUT2D eigenvalue weighted by atomic mass is 10.1. The summed E-state index contributed by atoms with van der Waals surface area (Å²) in [7, 11) is -1.28. The van der Waals surface area contributed by atoms with Crippen LogP contribution in [-0.2, 0) is 15.6 Å². The van der Waals surface area contributed by atoms with E-state index >= 15 is 0 Å². The van der Waals surface area contributed by atoms with Crippen LogP contribution in [0.2, 0.25) is 0 Å². The SMILES string of the molecule is CNCC(O)c1cccc(CS(C)(=O)=O)c1. The highest BCUT2D eigenvalue weighted by atomic mass is 32.2. The number of benzene rings is 1. The van der Waals surface area contributed by atoms with Gasteiger partial charge in [0.1, 0.15) is 0 Å². The molecular weight excluding hydrogens is 226 g/mol. The Hall–Kier alpha value is -0.910. The maximum atomic E-state index is 11.1. The lowest BCUT2D eigenvalue weighted by Crippen LogP contribution is -2.16. The van der Waals surface area contributed by atoms with Crippen LogP contribution >= 0.6 is 0 Å². The number of nitrogens with one attached hydrogen (secondary N) is 1. The van der Waals surface area contributed by atoms with Crippen molar-refractivity contribution in [2.75, 3.05) is 19.8 Å². The largest absolute Gasteiger partial charge is 0.387 e. The number of aliphatic hydroxyl groups excluding tert-OH is 1. The fourth-order valence-corrected chi connectivity index (χ4v) is 2.29. The van der Waals surface area contributed by atoms with Gasteiger partial charge in [-0.1, -0.05) is 24.3 Å². The molecule has 1 rings (SSSR count). The van der Waals surface area contributed by atoms with Crippen molar-refractivity contribution >= 4 is 9.84 Å². The van der Waals surface area contributed by atoms with Gasteiger partial charge in [0.2, 0.25) is 0 Å². The van der Waals surface area contributed by atoms with Gasteiger partial charge in [-0.25, -0.2) is 8.42 Å². The second-order valence-electron chi connectivity index (χ2n) is 3.89. The molecule has 2 N–H and O–H groups in total. The predicted octanol–water partition coefficient (Wildman–Crippen LogP) is 0.484. The number of likely N-dealkylation sites (N-methyl/N-ethyl adjacent to an activating group) is 1. The fourth-order valence-electron chi connectivity index (χ4n) is 1.50. The second-order valence-corrected chi connectivity index (χ2v) is 6.03. The molecule has 1 aromatic rings. The van der Waals surface area contributed by atoms with Crippen LogP contribution in [0.15, 0.2) is 24.3 Å². The van der Waals surface area contributed by atoms with Crippen LogP contribution in [0.3, 0.4) is 0 Å². The number of hydrogen-bond donors (Lipinski definition) is 2. The highest BCUT2D eigenvalue weighted by molar-refractivity contribution is 7.89. The third kappa shape index (κ3) is 4.30. The van der Waals surface area contributed by atoms with Gasteiger partial charge >= 0.3 is 0 Å². The van der Waals surface area contributed by atoms with Crippen molar-refractivity contribution in [1.29, 1.82) is 0 Å². The van der Waals surface area contributed by atoms with Crippen LogP contribution in [-0.4, -0.2) is 33.4 Å². The van der Waals surface area contributed by atoms with Crippen LogP contribution in [0, 0.1) is 0 Å². The van der Waals surface area contributed by atoms with Crippen molar-refractivity contribution in [3.05, 3.63) is 35.4 Å². The molecule has 1 unspecified atom stereocenters. The standard InChI is InChI=1S/C11H17NO3S/c1-12-7-11(13)10-5-3-4-9(6-10)8-16(2,14)15/h3-6,11-13H,7-8H2,1-2H3. The highest BCUT2D eigenvalue weighted by Gasteiger charge is 2.09. The van der Waals surface area contributed by atoms with Gasteiger partial charge in [-0.3, -0.25) is 0 Å². The summed E-state index contributed by atoms with van der Waals surface area (Å²) >= 11 is 0. The molecule has 90 valence electrons. The lowest BCUT2D eigenvalue weighted by Gasteiger charge is -2.11. The van der Waals surface area contributed by atoms with E-state index in [1.165, 1.54) is 6.26 Å². The molecule has 0 heterocycles. The van der Waals surface area contributed by atoms with Crippen molar-refractivity contribution < 1.29 is 13.5 Å². The zero-order valence-electron chi connectivity index (χ0n) is 9.47. The summed E-state index contributed by atoms with van der Waals surface area (Å²) in [4.78, 5) is 0. The fraction of sp³-hybridized carbons (Fsp3) is 0.455. The van der Waals surface area contributed by atoms with Gasteiger partial charge in [-0.15, -0.1) is 0 Å². The van der Waals surface area contributed by atoms with Crippen LogP contribution in [0.1, 0.15) is 17.2 Å². The molecule has 4 nitrogen and oxygen atoms in total. The van der Waals surface area contributed by atoms with Crippen molar-refractivity contribution in [2.45, 2.75) is 11.9 Å². The minimum atomic E-state index is -3.03. The van der Waals surface area contributed by atoms with Gasteiger partial charge in [-0.05, 0) is 18.2 Å². The van der Waals surface area contributed by atoms with E-state index in [2.05, 4.69) is 5.32 Å². The molecule has 0 amide bonds. The van der Waals surface area contributed by atoms with Crippen LogP contribution < -0.4 is 5.32 Å². The van der Waals surface area contributed by atoms with Gasteiger partial charge in [0, 0.05) is 12.8 Å². The van der Waals surface area contributed by atoms with E-state index in [9.17, 15) is 13.5 Å². The molecule has 1 aromatic carbocycles. The van der Waals surface area contributed by atoms with E-state index in [0.29, 0.717) is 12.1 Å². The summed E-state index contributed by atoms with van der Waals surface area (Å²) in [6, 6.07) is 7.02. The minimum absolute atomic E-state index is 0.00706. The Kier molecular flexibility index (Phi) is 4.46. The molecule has 0 spiro atoms. The van der Waals surface area contributed by atoms with Crippen LogP contribution in [0.5, 0.6) is 0 Å². The zero-order chi connectivity index (χ0) is 12.2. The van der Waals surface area contributed by atoms with E-state index < -0.39 is 15.9 Å². The first kappa shape index (κ1) is 13.2. The molecule has 0 aliphatic rings. The molecule has 0 saturated heterocycles.